The lowest BCUT2D eigenvalue weighted by Gasteiger charge is -2.09. The molecule has 0 spiro atoms. The van der Waals surface area contributed by atoms with Crippen LogP contribution in [0.2, 0.25) is 0 Å². The zero-order valence-corrected chi connectivity index (χ0v) is 10.8. The topological polar surface area (TPSA) is 75.1 Å². The Morgan fingerprint density at radius 2 is 2.22 bits per heavy atom. The van der Waals surface area contributed by atoms with E-state index in [-0.39, 0.29) is 11.9 Å². The summed E-state index contributed by atoms with van der Waals surface area (Å²) in [7, 11) is 0. The Bertz CT molecular complexity index is 604. The van der Waals surface area contributed by atoms with Gasteiger partial charge in [-0.15, -0.1) is 0 Å². The van der Waals surface area contributed by atoms with Crippen LogP contribution < -0.4 is 0 Å². The number of nitrogens with zero attached hydrogens (tertiary/aromatic N) is 3. The summed E-state index contributed by atoms with van der Waals surface area (Å²) in [6.45, 7) is 0.363. The Morgan fingerprint density at radius 1 is 1.50 bits per heavy atom. The van der Waals surface area contributed by atoms with Crippen molar-refractivity contribution in [1.29, 1.82) is 0 Å². The second-order valence-corrected chi connectivity index (χ2v) is 5.17. The van der Waals surface area contributed by atoms with Gasteiger partial charge in [0.2, 0.25) is 0 Å². The van der Waals surface area contributed by atoms with Crippen LogP contribution >= 0.6 is 15.9 Å². The third-order valence-corrected chi connectivity index (χ3v) is 4.05. The van der Waals surface area contributed by atoms with Crippen molar-refractivity contribution in [1.82, 2.24) is 0 Å². The van der Waals surface area contributed by atoms with E-state index in [4.69, 9.17) is 10.3 Å². The van der Waals surface area contributed by atoms with Gasteiger partial charge in [0.15, 0.2) is 0 Å². The third-order valence-electron chi connectivity index (χ3n) is 3.52. The van der Waals surface area contributed by atoms with Crippen molar-refractivity contribution in [2.24, 2.45) is 11.0 Å². The van der Waals surface area contributed by atoms with Crippen LogP contribution in [0.15, 0.2) is 45.6 Å². The highest BCUT2D eigenvalue weighted by Gasteiger charge is 2.71. The van der Waals surface area contributed by atoms with E-state index in [1.54, 1.807) is 0 Å². The van der Waals surface area contributed by atoms with E-state index in [1.165, 1.54) is 6.20 Å². The van der Waals surface area contributed by atoms with Crippen molar-refractivity contribution >= 4 is 21.9 Å². The molecule has 90 valence electrons. The Balaban J connectivity index is 2.09. The van der Waals surface area contributed by atoms with Crippen LogP contribution in [0.1, 0.15) is 5.56 Å². The summed E-state index contributed by atoms with van der Waals surface area (Å²) in [4.78, 5) is 14.7. The largest absolute Gasteiger partial charge is 0.464 e. The smallest absolute Gasteiger partial charge is 0.321 e. The molecule has 1 aromatic carbocycles. The van der Waals surface area contributed by atoms with Gasteiger partial charge in [-0.1, -0.05) is 33.2 Å². The van der Waals surface area contributed by atoms with E-state index in [9.17, 15) is 4.79 Å². The number of halogens is 1. The second kappa shape index (κ2) is 3.86. The third kappa shape index (κ3) is 1.33. The molecule has 0 radical (unpaired) electrons. The molecule has 0 amide bonds. The summed E-state index contributed by atoms with van der Waals surface area (Å²) in [5.41, 5.74) is 9.37. The minimum Gasteiger partial charge on any atom is -0.464 e. The maximum Gasteiger partial charge on any atom is 0.321 e. The summed E-state index contributed by atoms with van der Waals surface area (Å²) in [6.07, 6.45) is 1.44. The lowest BCUT2D eigenvalue weighted by atomic mass is 9.94. The van der Waals surface area contributed by atoms with E-state index in [0.29, 0.717) is 6.61 Å². The number of benzene rings is 1. The van der Waals surface area contributed by atoms with Gasteiger partial charge in [0.1, 0.15) is 5.41 Å². The SMILES string of the molecule is [N-]=[N+]=NC=C1C2COC(=O)C12c1ccc(Br)cc1. The van der Waals surface area contributed by atoms with Crippen molar-refractivity contribution < 1.29 is 9.53 Å². The molecule has 6 heteroatoms. The van der Waals surface area contributed by atoms with Crippen LogP contribution in [-0.2, 0) is 14.9 Å². The standard InChI is InChI=1S/C12H8BrN3O2/c13-8-3-1-7(2-4-8)12-9(5-15-16-14)10(12)6-18-11(12)17/h1-5,10H,6H2. The Hall–Kier alpha value is -1.78. The minimum atomic E-state index is -0.713. The number of rotatable bonds is 2. The van der Waals surface area contributed by atoms with Gasteiger partial charge < -0.3 is 4.74 Å². The van der Waals surface area contributed by atoms with Gasteiger partial charge >= 0.3 is 5.97 Å². The van der Waals surface area contributed by atoms with Crippen LogP contribution in [0.5, 0.6) is 0 Å². The number of ether oxygens (including phenoxy) is 1. The van der Waals surface area contributed by atoms with Crippen LogP contribution in [0.25, 0.3) is 10.4 Å². The van der Waals surface area contributed by atoms with Crippen LogP contribution in [0, 0.1) is 5.92 Å². The quantitative estimate of drug-likeness (QED) is 0.364. The molecule has 1 saturated heterocycles. The average Bonchev–Trinajstić information content (AvgIpc) is 2.90. The second-order valence-electron chi connectivity index (χ2n) is 4.26. The molecule has 2 aliphatic rings. The number of esters is 1. The van der Waals surface area contributed by atoms with E-state index < -0.39 is 5.41 Å². The molecule has 18 heavy (non-hydrogen) atoms. The molecule has 1 aliphatic heterocycles. The van der Waals surface area contributed by atoms with E-state index in [1.807, 2.05) is 24.3 Å². The zero-order chi connectivity index (χ0) is 12.8. The van der Waals surface area contributed by atoms with Gasteiger partial charge in [0, 0.05) is 21.5 Å². The molecule has 0 bridgehead atoms. The molecule has 3 rings (SSSR count). The molecule has 2 unspecified atom stereocenters. The normalized spacial score (nSPS) is 30.6. The number of fused-ring (bicyclic) bond motifs is 1. The van der Waals surface area contributed by atoms with Crippen molar-refractivity contribution in [2.75, 3.05) is 6.61 Å². The molecule has 5 nitrogen and oxygen atoms in total. The Labute approximate surface area is 111 Å². The van der Waals surface area contributed by atoms with Crippen LogP contribution in [-0.4, -0.2) is 12.6 Å². The highest BCUT2D eigenvalue weighted by Crippen LogP contribution is 2.63. The van der Waals surface area contributed by atoms with Crippen molar-refractivity contribution in [2.45, 2.75) is 5.41 Å². The fourth-order valence-corrected chi connectivity index (χ4v) is 2.91. The van der Waals surface area contributed by atoms with Gasteiger partial charge in [-0.05, 0) is 28.8 Å². The highest BCUT2D eigenvalue weighted by molar-refractivity contribution is 9.10. The number of carbonyl (C=O) groups is 1. The van der Waals surface area contributed by atoms with E-state index in [0.717, 1.165) is 15.6 Å². The molecular formula is C12H8BrN3O2. The molecule has 2 atom stereocenters. The lowest BCUT2D eigenvalue weighted by molar-refractivity contribution is -0.141. The fourth-order valence-electron chi connectivity index (χ4n) is 2.64. The Morgan fingerprint density at radius 3 is 2.89 bits per heavy atom. The monoisotopic (exact) mass is 305 g/mol. The minimum absolute atomic E-state index is 0.0108. The molecule has 1 aromatic rings. The summed E-state index contributed by atoms with van der Waals surface area (Å²) in [5.74, 6) is -0.245. The van der Waals surface area contributed by atoms with Gasteiger partial charge in [0.25, 0.3) is 0 Å². The van der Waals surface area contributed by atoms with Gasteiger partial charge in [0.05, 0.1) is 6.61 Å². The number of hydrogen-bond acceptors (Lipinski definition) is 3. The first-order chi connectivity index (χ1) is 8.71. The molecule has 0 aromatic heterocycles. The predicted molar refractivity (Wildman–Crippen MR) is 67.5 cm³/mol. The average molecular weight is 306 g/mol. The van der Waals surface area contributed by atoms with Crippen molar-refractivity contribution in [3.05, 3.63) is 56.5 Å². The first-order valence-corrected chi connectivity index (χ1v) is 6.18. The number of azide groups is 1. The first-order valence-electron chi connectivity index (χ1n) is 5.39. The van der Waals surface area contributed by atoms with Crippen molar-refractivity contribution in [3.63, 3.8) is 0 Å². The van der Waals surface area contributed by atoms with Gasteiger partial charge in [-0.3, -0.25) is 4.79 Å². The van der Waals surface area contributed by atoms with Gasteiger partial charge in [-0.2, -0.15) is 0 Å². The first kappa shape index (κ1) is 11.3. The summed E-state index contributed by atoms with van der Waals surface area (Å²) < 4.78 is 6.04. The summed E-state index contributed by atoms with van der Waals surface area (Å²) in [5, 5.41) is 3.44. The van der Waals surface area contributed by atoms with Crippen LogP contribution in [0.3, 0.4) is 0 Å². The number of cyclic esters (lactones) is 1. The Kier molecular flexibility index (Phi) is 2.43. The maximum absolute atomic E-state index is 12.0. The molecule has 2 fully saturated rings. The van der Waals surface area contributed by atoms with Crippen molar-refractivity contribution in [3.8, 4) is 0 Å². The summed E-state index contributed by atoms with van der Waals surface area (Å²) >= 11 is 3.36. The molecule has 1 saturated carbocycles. The summed E-state index contributed by atoms with van der Waals surface area (Å²) in [6, 6.07) is 7.55. The number of carbonyl (C=O) groups excluding carboxylic acids is 1. The van der Waals surface area contributed by atoms with Crippen LogP contribution in [0.4, 0.5) is 0 Å². The van der Waals surface area contributed by atoms with E-state index in [2.05, 4.69) is 26.0 Å². The molecule has 1 aliphatic carbocycles. The maximum atomic E-state index is 12.0. The molecular weight excluding hydrogens is 298 g/mol. The lowest BCUT2D eigenvalue weighted by Crippen LogP contribution is -2.19. The van der Waals surface area contributed by atoms with Gasteiger partial charge in [-0.25, -0.2) is 0 Å². The molecule has 1 heterocycles. The highest BCUT2D eigenvalue weighted by atomic mass is 79.9. The molecule has 0 N–H and O–H groups in total. The zero-order valence-electron chi connectivity index (χ0n) is 9.21. The van der Waals surface area contributed by atoms with E-state index >= 15 is 0 Å². The number of hydrogen-bond donors (Lipinski definition) is 0. The fraction of sp³-hybridized carbons (Fsp3) is 0.250. The predicted octanol–water partition coefficient (Wildman–Crippen LogP) is 3.07.